The van der Waals surface area contributed by atoms with E-state index in [1.165, 1.54) is 5.56 Å². The van der Waals surface area contributed by atoms with Gasteiger partial charge in [0, 0.05) is 32.4 Å². The van der Waals surface area contributed by atoms with Crippen LogP contribution in [0, 0.1) is 5.92 Å². The number of nitrogens with one attached hydrogen (secondary N) is 1. The molecule has 0 saturated carbocycles. The molecule has 1 aliphatic rings. The van der Waals surface area contributed by atoms with Gasteiger partial charge < -0.3 is 4.90 Å². The van der Waals surface area contributed by atoms with Gasteiger partial charge in [0.1, 0.15) is 0 Å². The number of H-pyrrole nitrogens is 1. The van der Waals surface area contributed by atoms with E-state index in [1.807, 2.05) is 17.0 Å². The van der Waals surface area contributed by atoms with Crippen LogP contribution in [0.2, 0.25) is 0 Å². The summed E-state index contributed by atoms with van der Waals surface area (Å²) in [6.45, 7) is 3.37. The second kappa shape index (κ2) is 5.45. The van der Waals surface area contributed by atoms with Crippen molar-refractivity contribution >= 4 is 5.91 Å². The number of hydrogen-bond donors (Lipinski definition) is 1. The molecule has 1 saturated heterocycles. The molecule has 0 aromatic carbocycles. The highest BCUT2D eigenvalue weighted by atomic mass is 16.2. The van der Waals surface area contributed by atoms with Crippen molar-refractivity contribution in [2.24, 2.45) is 5.92 Å². The number of pyridine rings is 1. The van der Waals surface area contributed by atoms with Crippen LogP contribution in [0.5, 0.6) is 0 Å². The molecule has 1 amide bonds. The van der Waals surface area contributed by atoms with Crippen LogP contribution in [0.4, 0.5) is 0 Å². The van der Waals surface area contributed by atoms with Crippen molar-refractivity contribution in [1.29, 1.82) is 0 Å². The van der Waals surface area contributed by atoms with E-state index in [9.17, 15) is 4.79 Å². The van der Waals surface area contributed by atoms with Crippen molar-refractivity contribution in [1.82, 2.24) is 20.1 Å². The van der Waals surface area contributed by atoms with Crippen LogP contribution < -0.4 is 0 Å². The average Bonchev–Trinajstić information content (AvgIpc) is 3.10. The number of aromatic nitrogens is 3. The second-order valence-corrected chi connectivity index (χ2v) is 5.31. The summed E-state index contributed by atoms with van der Waals surface area (Å²) in [5.41, 5.74) is 3.13. The minimum atomic E-state index is 0.174. The van der Waals surface area contributed by atoms with Gasteiger partial charge in [-0.2, -0.15) is 5.10 Å². The van der Waals surface area contributed by atoms with Crippen LogP contribution in [0.15, 0.2) is 30.6 Å². The molecule has 3 rings (SSSR count). The standard InChI is InChI=1S/C15H18N4O/c1-11(20)19-8-5-12(10-19)9-13-3-2-6-16-15(13)14-4-7-17-18-14/h2-4,6-7,12H,5,8-10H2,1H3,(H,17,18)/t12-/m1/s1. The van der Waals surface area contributed by atoms with Gasteiger partial charge in [0.2, 0.25) is 5.91 Å². The number of amides is 1. The highest BCUT2D eigenvalue weighted by molar-refractivity contribution is 5.73. The fourth-order valence-electron chi connectivity index (χ4n) is 2.83. The van der Waals surface area contributed by atoms with E-state index in [0.717, 1.165) is 37.3 Å². The number of rotatable bonds is 3. The number of likely N-dealkylation sites (tertiary alicyclic amines) is 1. The van der Waals surface area contributed by atoms with Gasteiger partial charge in [-0.25, -0.2) is 0 Å². The summed E-state index contributed by atoms with van der Waals surface area (Å²) in [6.07, 6.45) is 5.56. The van der Waals surface area contributed by atoms with Gasteiger partial charge in [0.05, 0.1) is 11.4 Å². The Morgan fingerprint density at radius 2 is 2.35 bits per heavy atom. The minimum Gasteiger partial charge on any atom is -0.343 e. The van der Waals surface area contributed by atoms with Crippen LogP contribution >= 0.6 is 0 Å². The Balaban J connectivity index is 1.77. The first-order chi connectivity index (χ1) is 9.74. The van der Waals surface area contributed by atoms with Gasteiger partial charge in [0.15, 0.2) is 0 Å². The van der Waals surface area contributed by atoms with Crippen molar-refractivity contribution in [2.75, 3.05) is 13.1 Å². The number of carbonyl (C=O) groups is 1. The fourth-order valence-corrected chi connectivity index (χ4v) is 2.83. The quantitative estimate of drug-likeness (QED) is 0.926. The summed E-state index contributed by atoms with van der Waals surface area (Å²) < 4.78 is 0. The molecule has 0 spiro atoms. The Morgan fingerprint density at radius 1 is 1.45 bits per heavy atom. The van der Waals surface area contributed by atoms with Crippen molar-refractivity contribution in [2.45, 2.75) is 19.8 Å². The Bertz CT molecular complexity index is 594. The van der Waals surface area contributed by atoms with E-state index in [1.54, 1.807) is 19.3 Å². The lowest BCUT2D eigenvalue weighted by atomic mass is 9.96. The molecule has 0 bridgehead atoms. The first kappa shape index (κ1) is 12.8. The molecule has 0 unspecified atom stereocenters. The second-order valence-electron chi connectivity index (χ2n) is 5.31. The van der Waals surface area contributed by atoms with Gasteiger partial charge in [-0.15, -0.1) is 0 Å². The zero-order valence-corrected chi connectivity index (χ0v) is 11.5. The van der Waals surface area contributed by atoms with E-state index >= 15 is 0 Å². The van der Waals surface area contributed by atoms with E-state index in [0.29, 0.717) is 5.92 Å². The third-order valence-electron chi connectivity index (χ3n) is 3.89. The van der Waals surface area contributed by atoms with E-state index in [-0.39, 0.29) is 5.91 Å². The summed E-state index contributed by atoms with van der Waals surface area (Å²) >= 11 is 0. The summed E-state index contributed by atoms with van der Waals surface area (Å²) in [6, 6.07) is 6.01. The van der Waals surface area contributed by atoms with Gasteiger partial charge in [-0.1, -0.05) is 6.07 Å². The molecule has 5 nitrogen and oxygen atoms in total. The molecule has 1 fully saturated rings. The number of aromatic amines is 1. The maximum absolute atomic E-state index is 11.4. The van der Waals surface area contributed by atoms with Crippen LogP contribution in [-0.2, 0) is 11.2 Å². The smallest absolute Gasteiger partial charge is 0.219 e. The van der Waals surface area contributed by atoms with Crippen LogP contribution in [-0.4, -0.2) is 39.1 Å². The lowest BCUT2D eigenvalue weighted by Gasteiger charge is -2.15. The predicted octanol–water partition coefficient (Wildman–Crippen LogP) is 1.88. The number of hydrogen-bond acceptors (Lipinski definition) is 3. The van der Waals surface area contributed by atoms with Gasteiger partial charge in [-0.3, -0.25) is 14.9 Å². The highest BCUT2D eigenvalue weighted by Gasteiger charge is 2.25. The van der Waals surface area contributed by atoms with Crippen LogP contribution in [0.25, 0.3) is 11.4 Å². The molecule has 0 radical (unpaired) electrons. The predicted molar refractivity (Wildman–Crippen MR) is 75.9 cm³/mol. The Hall–Kier alpha value is -2.17. The first-order valence-electron chi connectivity index (χ1n) is 6.93. The Kier molecular flexibility index (Phi) is 3.50. The topological polar surface area (TPSA) is 61.9 Å². The first-order valence-corrected chi connectivity index (χ1v) is 6.93. The van der Waals surface area contributed by atoms with E-state index in [2.05, 4.69) is 21.2 Å². The third kappa shape index (κ3) is 2.57. The monoisotopic (exact) mass is 270 g/mol. The molecule has 3 heterocycles. The van der Waals surface area contributed by atoms with Crippen molar-refractivity contribution in [3.63, 3.8) is 0 Å². The van der Waals surface area contributed by atoms with Gasteiger partial charge >= 0.3 is 0 Å². The molecular formula is C15H18N4O. The molecule has 2 aromatic rings. The Labute approximate surface area is 118 Å². The lowest BCUT2D eigenvalue weighted by molar-refractivity contribution is -0.127. The highest BCUT2D eigenvalue weighted by Crippen LogP contribution is 2.25. The van der Waals surface area contributed by atoms with E-state index < -0.39 is 0 Å². The zero-order valence-electron chi connectivity index (χ0n) is 11.5. The average molecular weight is 270 g/mol. The van der Waals surface area contributed by atoms with Crippen LogP contribution in [0.1, 0.15) is 18.9 Å². The molecule has 0 aliphatic carbocycles. The molecule has 1 atom stereocenters. The fraction of sp³-hybridized carbons (Fsp3) is 0.400. The van der Waals surface area contributed by atoms with Crippen molar-refractivity contribution in [3.8, 4) is 11.4 Å². The van der Waals surface area contributed by atoms with Crippen LogP contribution in [0.3, 0.4) is 0 Å². The molecular weight excluding hydrogens is 252 g/mol. The molecule has 2 aromatic heterocycles. The molecule has 104 valence electrons. The minimum absolute atomic E-state index is 0.174. The van der Waals surface area contributed by atoms with Crippen molar-refractivity contribution in [3.05, 3.63) is 36.2 Å². The lowest BCUT2D eigenvalue weighted by Crippen LogP contribution is -2.26. The molecule has 5 heteroatoms. The summed E-state index contributed by atoms with van der Waals surface area (Å²) in [5, 5.41) is 6.96. The van der Waals surface area contributed by atoms with E-state index in [4.69, 9.17) is 0 Å². The zero-order chi connectivity index (χ0) is 13.9. The number of nitrogens with zero attached hydrogens (tertiary/aromatic N) is 3. The third-order valence-corrected chi connectivity index (χ3v) is 3.89. The number of carbonyl (C=O) groups excluding carboxylic acids is 1. The summed E-state index contributed by atoms with van der Waals surface area (Å²) in [7, 11) is 0. The Morgan fingerprint density at radius 3 is 3.05 bits per heavy atom. The van der Waals surface area contributed by atoms with Gasteiger partial charge in [-0.05, 0) is 36.5 Å². The summed E-state index contributed by atoms with van der Waals surface area (Å²) in [5.74, 6) is 0.692. The van der Waals surface area contributed by atoms with Crippen molar-refractivity contribution < 1.29 is 4.79 Å². The maximum atomic E-state index is 11.4. The SMILES string of the molecule is CC(=O)N1CC[C@H](Cc2cccnc2-c2ccn[nH]2)C1. The molecule has 1 N–H and O–H groups in total. The maximum Gasteiger partial charge on any atom is 0.219 e. The normalized spacial score (nSPS) is 18.4. The van der Waals surface area contributed by atoms with Gasteiger partial charge in [0.25, 0.3) is 0 Å². The largest absolute Gasteiger partial charge is 0.343 e. The summed E-state index contributed by atoms with van der Waals surface area (Å²) in [4.78, 5) is 17.8. The molecule has 1 aliphatic heterocycles. The molecule has 20 heavy (non-hydrogen) atoms.